The van der Waals surface area contributed by atoms with Crippen molar-refractivity contribution >= 4 is 18.3 Å². The number of hydrogen-bond acceptors (Lipinski definition) is 3. The van der Waals surface area contributed by atoms with E-state index in [1.54, 1.807) is 7.11 Å². The lowest BCUT2D eigenvalue weighted by molar-refractivity contribution is -0.120. The highest BCUT2D eigenvalue weighted by Crippen LogP contribution is 2.19. The van der Waals surface area contributed by atoms with Gasteiger partial charge in [-0.1, -0.05) is 17.7 Å². The van der Waals surface area contributed by atoms with Crippen LogP contribution < -0.4 is 15.4 Å². The van der Waals surface area contributed by atoms with Gasteiger partial charge in [0.05, 0.1) is 7.11 Å². The lowest BCUT2D eigenvalue weighted by atomic mass is 10.1. The lowest BCUT2D eigenvalue weighted by Crippen LogP contribution is -2.28. The van der Waals surface area contributed by atoms with Crippen LogP contribution in [0.5, 0.6) is 5.75 Å². The van der Waals surface area contributed by atoms with E-state index in [-0.39, 0.29) is 18.3 Å². The zero-order valence-corrected chi connectivity index (χ0v) is 12.6. The number of halogens is 1. The molecule has 0 spiro atoms. The van der Waals surface area contributed by atoms with Gasteiger partial charge in [-0.25, -0.2) is 0 Å². The maximum atomic E-state index is 11.4. The third-order valence-corrected chi connectivity index (χ3v) is 2.75. The molecule has 0 aliphatic heterocycles. The second kappa shape index (κ2) is 9.64. The molecule has 0 aromatic heterocycles. The Morgan fingerprint density at radius 3 is 2.68 bits per heavy atom. The molecule has 0 atom stereocenters. The molecule has 0 fully saturated rings. The summed E-state index contributed by atoms with van der Waals surface area (Å²) in [6.07, 6.45) is 1.30. The maximum Gasteiger partial charge on any atom is 0.221 e. The Labute approximate surface area is 121 Å². The summed E-state index contributed by atoms with van der Waals surface area (Å²) in [6, 6.07) is 6.08. The second-order valence-corrected chi connectivity index (χ2v) is 4.27. The van der Waals surface area contributed by atoms with Gasteiger partial charge in [0.25, 0.3) is 0 Å². The summed E-state index contributed by atoms with van der Waals surface area (Å²) in [5, 5.41) is 5.85. The fourth-order valence-corrected chi connectivity index (χ4v) is 1.77. The molecule has 4 nitrogen and oxygen atoms in total. The Morgan fingerprint density at radius 2 is 2.05 bits per heavy atom. The number of rotatable bonds is 7. The molecule has 0 aliphatic rings. The fourth-order valence-electron chi connectivity index (χ4n) is 1.77. The first-order chi connectivity index (χ1) is 8.67. The minimum absolute atomic E-state index is 0. The Hall–Kier alpha value is -1.26. The standard InChI is InChI=1S/C14H22N2O2.ClH/c1-11-4-5-13(18-3)12(10-11)6-9-16-14(17)7-8-15-2;/h4-5,10,15H,6-9H2,1-3H3,(H,16,17);1H. The van der Waals surface area contributed by atoms with E-state index in [9.17, 15) is 4.79 Å². The first-order valence-corrected chi connectivity index (χ1v) is 6.22. The number of nitrogens with one attached hydrogen (secondary N) is 2. The number of benzene rings is 1. The molecule has 19 heavy (non-hydrogen) atoms. The van der Waals surface area contributed by atoms with Crippen molar-refractivity contribution in [3.63, 3.8) is 0 Å². The largest absolute Gasteiger partial charge is 0.496 e. The summed E-state index contributed by atoms with van der Waals surface area (Å²) >= 11 is 0. The van der Waals surface area contributed by atoms with Crippen LogP contribution in [0.3, 0.4) is 0 Å². The van der Waals surface area contributed by atoms with Crippen LogP contribution in [0, 0.1) is 6.92 Å². The van der Waals surface area contributed by atoms with Crippen LogP contribution in [-0.4, -0.2) is 33.2 Å². The van der Waals surface area contributed by atoms with Gasteiger partial charge in [-0.3, -0.25) is 4.79 Å². The Bertz CT molecular complexity index is 397. The normalized spacial score (nSPS) is 9.63. The maximum absolute atomic E-state index is 11.4. The molecule has 0 saturated carbocycles. The van der Waals surface area contributed by atoms with Gasteiger partial charge in [-0.05, 0) is 32.0 Å². The molecule has 1 amide bonds. The SMILES string of the molecule is CNCCC(=O)NCCc1cc(C)ccc1OC.Cl. The average molecular weight is 287 g/mol. The second-order valence-electron chi connectivity index (χ2n) is 4.27. The highest BCUT2D eigenvalue weighted by Gasteiger charge is 2.04. The summed E-state index contributed by atoms with van der Waals surface area (Å²) in [5.74, 6) is 0.959. The molecule has 1 aromatic rings. The van der Waals surface area contributed by atoms with E-state index in [1.165, 1.54) is 5.56 Å². The third-order valence-electron chi connectivity index (χ3n) is 2.75. The van der Waals surface area contributed by atoms with Gasteiger partial charge in [0.15, 0.2) is 0 Å². The van der Waals surface area contributed by atoms with Gasteiger partial charge in [-0.2, -0.15) is 0 Å². The summed E-state index contributed by atoms with van der Waals surface area (Å²) < 4.78 is 5.30. The molecule has 0 heterocycles. The quantitative estimate of drug-likeness (QED) is 0.802. The predicted molar refractivity (Wildman–Crippen MR) is 80.2 cm³/mol. The molecule has 0 bridgehead atoms. The monoisotopic (exact) mass is 286 g/mol. The van der Waals surface area contributed by atoms with Crippen LogP contribution in [-0.2, 0) is 11.2 Å². The van der Waals surface area contributed by atoms with E-state index in [0.717, 1.165) is 17.7 Å². The fraction of sp³-hybridized carbons (Fsp3) is 0.500. The van der Waals surface area contributed by atoms with Crippen molar-refractivity contribution < 1.29 is 9.53 Å². The molecule has 1 aromatic carbocycles. The van der Waals surface area contributed by atoms with Crippen LogP contribution in [0.4, 0.5) is 0 Å². The Kier molecular flexibility index (Phi) is 9.00. The summed E-state index contributed by atoms with van der Waals surface area (Å²) in [5.41, 5.74) is 2.33. The number of amides is 1. The van der Waals surface area contributed by atoms with Gasteiger partial charge < -0.3 is 15.4 Å². The highest BCUT2D eigenvalue weighted by molar-refractivity contribution is 5.85. The molecule has 5 heteroatoms. The summed E-state index contributed by atoms with van der Waals surface area (Å²) in [7, 11) is 3.50. The number of carbonyl (C=O) groups is 1. The van der Waals surface area contributed by atoms with Crippen LogP contribution in [0.1, 0.15) is 17.5 Å². The lowest BCUT2D eigenvalue weighted by Gasteiger charge is -2.10. The van der Waals surface area contributed by atoms with Crippen molar-refractivity contribution in [1.29, 1.82) is 0 Å². The number of aryl methyl sites for hydroxylation is 1. The van der Waals surface area contributed by atoms with Gasteiger partial charge in [0, 0.05) is 19.5 Å². The van der Waals surface area contributed by atoms with E-state index >= 15 is 0 Å². The Morgan fingerprint density at radius 1 is 1.32 bits per heavy atom. The van der Waals surface area contributed by atoms with E-state index in [2.05, 4.69) is 23.6 Å². The van der Waals surface area contributed by atoms with E-state index in [1.807, 2.05) is 19.2 Å². The number of ether oxygens (including phenoxy) is 1. The molecule has 2 N–H and O–H groups in total. The third kappa shape index (κ3) is 6.45. The topological polar surface area (TPSA) is 50.4 Å². The van der Waals surface area contributed by atoms with Crippen LogP contribution in [0.15, 0.2) is 18.2 Å². The molecule has 0 radical (unpaired) electrons. The molecular weight excluding hydrogens is 264 g/mol. The van der Waals surface area contributed by atoms with Crippen molar-refractivity contribution in [3.05, 3.63) is 29.3 Å². The summed E-state index contributed by atoms with van der Waals surface area (Å²) in [6.45, 7) is 3.40. The van der Waals surface area contributed by atoms with Gasteiger partial charge in [0.2, 0.25) is 5.91 Å². The van der Waals surface area contributed by atoms with Crippen LogP contribution in [0.25, 0.3) is 0 Å². The minimum atomic E-state index is 0. The Balaban J connectivity index is 0.00000324. The first kappa shape index (κ1) is 17.7. The van der Waals surface area contributed by atoms with Gasteiger partial charge >= 0.3 is 0 Å². The zero-order chi connectivity index (χ0) is 13.4. The number of carbonyl (C=O) groups excluding carboxylic acids is 1. The number of methoxy groups -OCH3 is 1. The first-order valence-electron chi connectivity index (χ1n) is 6.22. The number of hydrogen-bond donors (Lipinski definition) is 2. The predicted octanol–water partition coefficient (Wildman–Crippen LogP) is 1.69. The molecule has 0 saturated heterocycles. The minimum Gasteiger partial charge on any atom is -0.496 e. The van der Waals surface area contributed by atoms with Crippen molar-refractivity contribution in [1.82, 2.24) is 10.6 Å². The van der Waals surface area contributed by atoms with Crippen LogP contribution >= 0.6 is 12.4 Å². The van der Waals surface area contributed by atoms with E-state index in [4.69, 9.17) is 4.74 Å². The average Bonchev–Trinajstić information content (AvgIpc) is 2.36. The van der Waals surface area contributed by atoms with E-state index < -0.39 is 0 Å². The smallest absolute Gasteiger partial charge is 0.221 e. The van der Waals surface area contributed by atoms with E-state index in [0.29, 0.717) is 19.5 Å². The van der Waals surface area contributed by atoms with Crippen molar-refractivity contribution in [2.24, 2.45) is 0 Å². The summed E-state index contributed by atoms with van der Waals surface area (Å²) in [4.78, 5) is 11.4. The molecule has 0 aliphatic carbocycles. The molecule has 108 valence electrons. The van der Waals surface area contributed by atoms with Crippen molar-refractivity contribution in [2.45, 2.75) is 19.8 Å². The molecule has 1 rings (SSSR count). The van der Waals surface area contributed by atoms with Gasteiger partial charge in [0.1, 0.15) is 5.75 Å². The highest BCUT2D eigenvalue weighted by atomic mass is 35.5. The van der Waals surface area contributed by atoms with Gasteiger partial charge in [-0.15, -0.1) is 12.4 Å². The van der Waals surface area contributed by atoms with Crippen molar-refractivity contribution in [3.8, 4) is 5.75 Å². The molecular formula is C14H23ClN2O2. The van der Waals surface area contributed by atoms with Crippen LogP contribution in [0.2, 0.25) is 0 Å². The molecule has 0 unspecified atom stereocenters. The van der Waals surface area contributed by atoms with Crippen molar-refractivity contribution in [2.75, 3.05) is 27.2 Å². The zero-order valence-electron chi connectivity index (χ0n) is 11.8.